The SMILES string of the molecule is CC(C)(C)CC(C)(C)NC(=S)NC(COC1C=CC(O)C(O)C1O)C(O)CC(O)C(C)(C)CC(C)(C)C. The molecule has 0 spiro atoms. The Kier molecular flexibility index (Phi) is 12.0. The third-order valence-corrected chi connectivity index (χ3v) is 6.78. The summed E-state index contributed by atoms with van der Waals surface area (Å²) in [5, 5.41) is 59.1. The van der Waals surface area contributed by atoms with Gasteiger partial charge in [-0.05, 0) is 55.2 Å². The monoisotopic (exact) mass is 546 g/mol. The number of aliphatic hydroxyl groups is 5. The van der Waals surface area contributed by atoms with E-state index in [9.17, 15) is 25.5 Å². The Labute approximate surface area is 229 Å². The Hall–Kier alpha value is -0.810. The summed E-state index contributed by atoms with van der Waals surface area (Å²) in [5.74, 6) is 0. The van der Waals surface area contributed by atoms with Crippen LogP contribution in [0.15, 0.2) is 12.2 Å². The second-order valence-electron chi connectivity index (χ2n) is 14.5. The van der Waals surface area contributed by atoms with E-state index in [2.05, 4.69) is 66.0 Å². The molecule has 0 aromatic heterocycles. The summed E-state index contributed by atoms with van der Waals surface area (Å²) < 4.78 is 5.86. The van der Waals surface area contributed by atoms with Crippen LogP contribution in [0.4, 0.5) is 0 Å². The lowest BCUT2D eigenvalue weighted by Crippen LogP contribution is -2.57. The van der Waals surface area contributed by atoms with E-state index in [1.54, 1.807) is 0 Å². The predicted molar refractivity (Wildman–Crippen MR) is 152 cm³/mol. The van der Waals surface area contributed by atoms with Gasteiger partial charge in [-0.2, -0.15) is 0 Å². The van der Waals surface area contributed by atoms with Gasteiger partial charge >= 0.3 is 0 Å². The van der Waals surface area contributed by atoms with Gasteiger partial charge in [-0.1, -0.05) is 67.5 Å². The van der Waals surface area contributed by atoms with Crippen LogP contribution in [0.2, 0.25) is 0 Å². The molecule has 0 radical (unpaired) electrons. The maximum atomic E-state index is 11.2. The van der Waals surface area contributed by atoms with Crippen LogP contribution in [0.1, 0.15) is 88.5 Å². The van der Waals surface area contributed by atoms with Crippen molar-refractivity contribution < 1.29 is 30.3 Å². The molecule has 0 fully saturated rings. The van der Waals surface area contributed by atoms with Gasteiger partial charge < -0.3 is 40.9 Å². The van der Waals surface area contributed by atoms with Gasteiger partial charge in [0.2, 0.25) is 0 Å². The van der Waals surface area contributed by atoms with Crippen molar-refractivity contribution in [1.82, 2.24) is 10.6 Å². The fourth-order valence-corrected chi connectivity index (χ4v) is 5.97. The second-order valence-corrected chi connectivity index (χ2v) is 14.9. The fraction of sp³-hybridized carbons (Fsp3) is 0.893. The van der Waals surface area contributed by atoms with Crippen molar-refractivity contribution in [3.8, 4) is 0 Å². The molecular weight excluding hydrogens is 492 g/mol. The average molecular weight is 547 g/mol. The van der Waals surface area contributed by atoms with Crippen LogP contribution in [-0.2, 0) is 4.74 Å². The molecule has 1 rings (SSSR count). The summed E-state index contributed by atoms with van der Waals surface area (Å²) in [6.07, 6.45) is -1.92. The Balaban J connectivity index is 3.01. The van der Waals surface area contributed by atoms with Crippen molar-refractivity contribution in [2.75, 3.05) is 6.61 Å². The summed E-state index contributed by atoms with van der Waals surface area (Å²) in [6, 6.07) is -0.699. The van der Waals surface area contributed by atoms with Crippen LogP contribution in [0.5, 0.6) is 0 Å². The fourth-order valence-electron chi connectivity index (χ4n) is 5.54. The molecule has 0 amide bonds. The first-order valence-electron chi connectivity index (χ1n) is 13.3. The minimum atomic E-state index is -1.37. The molecule has 7 atom stereocenters. The molecule has 0 aromatic carbocycles. The van der Waals surface area contributed by atoms with Crippen LogP contribution >= 0.6 is 12.2 Å². The Morgan fingerprint density at radius 1 is 0.865 bits per heavy atom. The van der Waals surface area contributed by atoms with E-state index in [0.717, 1.165) is 12.8 Å². The molecule has 1 aliphatic carbocycles. The van der Waals surface area contributed by atoms with E-state index in [4.69, 9.17) is 17.0 Å². The first kappa shape index (κ1) is 34.2. The smallest absolute Gasteiger partial charge is 0.167 e. The third-order valence-electron chi connectivity index (χ3n) is 6.56. The molecule has 0 saturated heterocycles. The van der Waals surface area contributed by atoms with Gasteiger partial charge in [0.15, 0.2) is 5.11 Å². The molecule has 37 heavy (non-hydrogen) atoms. The van der Waals surface area contributed by atoms with Gasteiger partial charge in [-0.15, -0.1) is 0 Å². The number of nitrogens with one attached hydrogen (secondary N) is 2. The second kappa shape index (κ2) is 13.0. The van der Waals surface area contributed by atoms with E-state index in [1.807, 2.05) is 13.8 Å². The summed E-state index contributed by atoms with van der Waals surface area (Å²) in [4.78, 5) is 0. The lowest BCUT2D eigenvalue weighted by Gasteiger charge is -2.39. The van der Waals surface area contributed by atoms with E-state index in [0.29, 0.717) is 5.11 Å². The number of ether oxygens (including phenoxy) is 1. The number of aliphatic hydroxyl groups excluding tert-OH is 5. The van der Waals surface area contributed by atoms with Gasteiger partial charge in [0.05, 0.1) is 24.9 Å². The minimum absolute atomic E-state index is 0.00910. The molecule has 7 N–H and O–H groups in total. The van der Waals surface area contributed by atoms with Crippen LogP contribution < -0.4 is 10.6 Å². The first-order chi connectivity index (χ1) is 16.5. The molecule has 0 aliphatic heterocycles. The zero-order valence-electron chi connectivity index (χ0n) is 24.6. The highest BCUT2D eigenvalue weighted by Gasteiger charge is 2.37. The summed E-state index contributed by atoms with van der Waals surface area (Å²) in [6.45, 7) is 20.9. The van der Waals surface area contributed by atoms with E-state index in [1.165, 1.54) is 12.2 Å². The maximum Gasteiger partial charge on any atom is 0.167 e. The molecule has 7 unspecified atom stereocenters. The standard InChI is InChI=1S/C28H54N2O6S/c1-25(2,3)15-27(7,8)21(33)13-19(32)17(14-36-20-12-11-18(31)22(34)23(20)35)29-24(37)30-28(9,10)16-26(4,5)6/h11-12,17-23,31-35H,13-16H2,1-10H3,(H2,29,30,37). The van der Waals surface area contributed by atoms with Crippen molar-refractivity contribution in [3.63, 3.8) is 0 Å². The molecular formula is C28H54N2O6S. The quantitative estimate of drug-likeness (QED) is 0.154. The summed E-state index contributed by atoms with van der Waals surface area (Å²) in [7, 11) is 0. The van der Waals surface area contributed by atoms with Gasteiger partial charge in [-0.3, -0.25) is 0 Å². The lowest BCUT2D eigenvalue weighted by molar-refractivity contribution is -0.114. The third kappa shape index (κ3) is 12.3. The molecule has 1 aliphatic rings. The molecule has 0 saturated carbocycles. The zero-order chi connectivity index (χ0) is 29.0. The van der Waals surface area contributed by atoms with Crippen LogP contribution in [0.3, 0.4) is 0 Å². The molecule has 0 bridgehead atoms. The van der Waals surface area contributed by atoms with Gasteiger partial charge in [0, 0.05) is 12.0 Å². The topological polar surface area (TPSA) is 134 Å². The minimum Gasteiger partial charge on any atom is -0.392 e. The highest BCUT2D eigenvalue weighted by Crippen LogP contribution is 2.37. The van der Waals surface area contributed by atoms with Crippen LogP contribution in [0, 0.1) is 16.2 Å². The number of hydrogen-bond acceptors (Lipinski definition) is 7. The highest BCUT2D eigenvalue weighted by atomic mass is 32.1. The normalized spacial score (nSPS) is 25.9. The summed E-state index contributed by atoms with van der Waals surface area (Å²) >= 11 is 5.59. The van der Waals surface area contributed by atoms with Crippen LogP contribution in [-0.4, -0.2) is 85.5 Å². The predicted octanol–water partition coefficient (Wildman–Crippen LogP) is 2.65. The van der Waals surface area contributed by atoms with Crippen molar-refractivity contribution in [3.05, 3.63) is 12.2 Å². The number of rotatable bonds is 11. The van der Waals surface area contributed by atoms with E-state index < -0.39 is 48.1 Å². The largest absolute Gasteiger partial charge is 0.392 e. The van der Waals surface area contributed by atoms with Crippen molar-refractivity contribution in [2.45, 2.75) is 137 Å². The number of hydrogen-bond donors (Lipinski definition) is 7. The zero-order valence-corrected chi connectivity index (χ0v) is 25.4. The first-order valence-corrected chi connectivity index (χ1v) is 13.7. The van der Waals surface area contributed by atoms with Crippen molar-refractivity contribution >= 4 is 17.3 Å². The van der Waals surface area contributed by atoms with Crippen molar-refractivity contribution in [1.29, 1.82) is 0 Å². The highest BCUT2D eigenvalue weighted by molar-refractivity contribution is 7.80. The Morgan fingerprint density at radius 2 is 1.41 bits per heavy atom. The maximum absolute atomic E-state index is 11.2. The molecule has 218 valence electrons. The van der Waals surface area contributed by atoms with E-state index >= 15 is 0 Å². The Morgan fingerprint density at radius 3 is 1.92 bits per heavy atom. The molecule has 9 heteroatoms. The van der Waals surface area contributed by atoms with Gasteiger partial charge in [-0.25, -0.2) is 0 Å². The Bertz CT molecular complexity index is 759. The van der Waals surface area contributed by atoms with Gasteiger partial charge in [0.25, 0.3) is 0 Å². The van der Waals surface area contributed by atoms with Crippen LogP contribution in [0.25, 0.3) is 0 Å². The summed E-state index contributed by atoms with van der Waals surface area (Å²) in [5.41, 5.74) is -0.656. The number of thiocarbonyl (C=S) groups is 1. The average Bonchev–Trinajstić information content (AvgIpc) is 2.66. The van der Waals surface area contributed by atoms with Crippen molar-refractivity contribution in [2.24, 2.45) is 16.2 Å². The van der Waals surface area contributed by atoms with E-state index in [-0.39, 0.29) is 29.4 Å². The lowest BCUT2D eigenvalue weighted by atomic mass is 9.71. The molecule has 0 aromatic rings. The molecule has 8 nitrogen and oxygen atoms in total. The molecule has 0 heterocycles. The van der Waals surface area contributed by atoms with Gasteiger partial charge in [0.1, 0.15) is 24.4 Å².